The first-order chi connectivity index (χ1) is 15.5. The molecule has 0 radical (unpaired) electrons. The molecule has 186 valence electrons. The van der Waals surface area contributed by atoms with Gasteiger partial charge in [0.25, 0.3) is 0 Å². The molecule has 1 unspecified atom stereocenters. The molecule has 0 saturated carbocycles. The van der Waals surface area contributed by atoms with Crippen molar-refractivity contribution in [1.82, 2.24) is 4.90 Å². The molecule has 2 heteroatoms. The quantitative estimate of drug-likeness (QED) is 0.452. The summed E-state index contributed by atoms with van der Waals surface area (Å²) < 4.78 is 0. The van der Waals surface area contributed by atoms with Crippen LogP contribution in [0.2, 0.25) is 0 Å². The van der Waals surface area contributed by atoms with Crippen LogP contribution in [0.1, 0.15) is 106 Å². The standard InChI is InChI=1S/C10H14.C9H19N.C7H11N.2C2H6/c1-3-9-7-5-6-8-10(9)4-2;1-3-6-10-7-4-9(2)5-8-10;1-6-3-4-7(2)8-5-6;2*1-2/h5-8H,3-4H2,1-2H3;9H,3-8H2,1-2H3;4-6H,3H2,1-2H3;2*1-2H3. The third-order valence-corrected chi connectivity index (χ3v) is 5.61. The van der Waals surface area contributed by atoms with Crippen molar-refractivity contribution in [2.75, 3.05) is 19.6 Å². The van der Waals surface area contributed by atoms with E-state index in [4.69, 9.17) is 0 Å². The van der Waals surface area contributed by atoms with E-state index in [-0.39, 0.29) is 0 Å². The molecule has 0 aliphatic carbocycles. The van der Waals surface area contributed by atoms with Crippen LogP contribution in [0.5, 0.6) is 0 Å². The number of hydrogen-bond acceptors (Lipinski definition) is 2. The van der Waals surface area contributed by atoms with Crippen LogP contribution in [0.4, 0.5) is 0 Å². The number of allylic oxidation sites excluding steroid dienone is 2. The molecule has 0 spiro atoms. The smallest absolute Gasteiger partial charge is 0.0329 e. The van der Waals surface area contributed by atoms with E-state index in [1.807, 2.05) is 40.8 Å². The number of piperidine rings is 1. The van der Waals surface area contributed by atoms with Gasteiger partial charge in [0.05, 0.1) is 0 Å². The van der Waals surface area contributed by atoms with Crippen LogP contribution >= 0.6 is 0 Å². The zero-order chi connectivity index (χ0) is 24.8. The molecule has 0 amide bonds. The fourth-order valence-corrected chi connectivity index (χ4v) is 3.56. The third-order valence-electron chi connectivity index (χ3n) is 5.61. The van der Waals surface area contributed by atoms with E-state index >= 15 is 0 Å². The summed E-state index contributed by atoms with van der Waals surface area (Å²) in [6, 6.07) is 8.63. The van der Waals surface area contributed by atoms with Gasteiger partial charge in [-0.1, -0.05) is 92.7 Å². The Morgan fingerprint density at radius 2 is 1.38 bits per heavy atom. The SMILES string of the molecule is CC.CC.CC1=CCC(C)C=N1.CCCN1CCC(C)CC1.CCc1ccccc1CC. The second kappa shape index (κ2) is 22.8. The molecule has 2 nitrogen and oxygen atoms in total. The van der Waals surface area contributed by atoms with Crippen LogP contribution in [-0.4, -0.2) is 30.7 Å². The lowest BCUT2D eigenvalue weighted by molar-refractivity contribution is 0.193. The number of aliphatic imine (C=N–C) groups is 1. The molecule has 3 rings (SSSR count). The largest absolute Gasteiger partial charge is 0.303 e. The molecule has 0 N–H and O–H groups in total. The number of aryl methyl sites for hydroxylation is 2. The Morgan fingerprint density at radius 3 is 1.72 bits per heavy atom. The molecule has 1 fully saturated rings. The highest BCUT2D eigenvalue weighted by atomic mass is 15.1. The molecular weight excluding hydrogens is 388 g/mol. The Morgan fingerprint density at radius 1 is 0.875 bits per heavy atom. The van der Waals surface area contributed by atoms with Gasteiger partial charge in [-0.05, 0) is 88.0 Å². The molecular formula is C30H56N2. The number of benzene rings is 1. The van der Waals surface area contributed by atoms with Crippen molar-refractivity contribution < 1.29 is 0 Å². The van der Waals surface area contributed by atoms with Crippen LogP contribution in [0.15, 0.2) is 41.0 Å². The molecule has 2 aliphatic rings. The van der Waals surface area contributed by atoms with E-state index in [2.05, 4.69) is 74.9 Å². The highest BCUT2D eigenvalue weighted by Crippen LogP contribution is 2.15. The number of hydrogen-bond donors (Lipinski definition) is 0. The molecule has 1 aromatic rings. The van der Waals surface area contributed by atoms with Crippen LogP contribution < -0.4 is 0 Å². The maximum Gasteiger partial charge on any atom is 0.0329 e. The number of likely N-dealkylation sites (tertiary alicyclic amines) is 1. The van der Waals surface area contributed by atoms with Crippen LogP contribution in [0.25, 0.3) is 0 Å². The molecule has 32 heavy (non-hydrogen) atoms. The number of nitrogens with zero attached hydrogens (tertiary/aromatic N) is 2. The molecule has 0 aromatic heterocycles. The highest BCUT2D eigenvalue weighted by molar-refractivity contribution is 5.63. The lowest BCUT2D eigenvalue weighted by Gasteiger charge is -2.29. The summed E-state index contributed by atoms with van der Waals surface area (Å²) >= 11 is 0. The average Bonchev–Trinajstić information content (AvgIpc) is 2.86. The third kappa shape index (κ3) is 16.3. The maximum atomic E-state index is 4.15. The van der Waals surface area contributed by atoms with E-state index in [1.165, 1.54) is 50.0 Å². The Labute approximate surface area is 202 Å². The van der Waals surface area contributed by atoms with Gasteiger partial charge in [-0.25, -0.2) is 0 Å². The fraction of sp³-hybridized carbons (Fsp3) is 0.700. The van der Waals surface area contributed by atoms with Crippen molar-refractivity contribution in [3.8, 4) is 0 Å². The second-order valence-corrected chi connectivity index (χ2v) is 8.34. The second-order valence-electron chi connectivity index (χ2n) is 8.34. The van der Waals surface area contributed by atoms with Gasteiger partial charge in [-0.3, -0.25) is 4.99 Å². The molecule has 2 aliphatic heterocycles. The van der Waals surface area contributed by atoms with E-state index in [1.54, 1.807) is 0 Å². The fourth-order valence-electron chi connectivity index (χ4n) is 3.56. The zero-order valence-electron chi connectivity index (χ0n) is 23.4. The lowest BCUT2D eigenvalue weighted by Crippen LogP contribution is -2.33. The van der Waals surface area contributed by atoms with Crippen LogP contribution in [0, 0.1) is 11.8 Å². The summed E-state index contributed by atoms with van der Waals surface area (Å²) in [6.07, 6.45) is 11.8. The van der Waals surface area contributed by atoms with Gasteiger partial charge >= 0.3 is 0 Å². The first-order valence-corrected chi connectivity index (χ1v) is 13.5. The zero-order valence-corrected chi connectivity index (χ0v) is 23.4. The predicted molar refractivity (Wildman–Crippen MR) is 149 cm³/mol. The molecule has 1 atom stereocenters. The maximum absolute atomic E-state index is 4.15. The Bertz CT molecular complexity index is 557. The van der Waals surface area contributed by atoms with Crippen LogP contribution in [-0.2, 0) is 12.8 Å². The molecule has 1 aromatic carbocycles. The van der Waals surface area contributed by atoms with Crippen LogP contribution in [0.3, 0.4) is 0 Å². The Hall–Kier alpha value is -1.41. The van der Waals surface area contributed by atoms with E-state index in [0.717, 1.165) is 30.9 Å². The van der Waals surface area contributed by atoms with Gasteiger partial charge in [0.15, 0.2) is 0 Å². The first kappa shape index (κ1) is 32.8. The predicted octanol–water partition coefficient (Wildman–Crippen LogP) is 8.99. The average molecular weight is 445 g/mol. The summed E-state index contributed by atoms with van der Waals surface area (Å²) in [5.74, 6) is 1.63. The minimum Gasteiger partial charge on any atom is -0.303 e. The van der Waals surface area contributed by atoms with Gasteiger partial charge in [0.2, 0.25) is 0 Å². The molecule has 0 bridgehead atoms. The summed E-state index contributed by atoms with van der Waals surface area (Å²) in [6.45, 7) is 25.2. The van der Waals surface area contributed by atoms with E-state index < -0.39 is 0 Å². The van der Waals surface area contributed by atoms with Gasteiger partial charge in [-0.2, -0.15) is 0 Å². The molecule has 2 heterocycles. The summed E-state index contributed by atoms with van der Waals surface area (Å²) in [5.41, 5.74) is 4.14. The Kier molecular flexibility index (Phi) is 23.3. The lowest BCUT2D eigenvalue weighted by atomic mass is 9.99. The minimum absolute atomic E-state index is 0.652. The summed E-state index contributed by atoms with van der Waals surface area (Å²) in [7, 11) is 0. The van der Waals surface area contributed by atoms with Gasteiger partial charge in [0.1, 0.15) is 0 Å². The normalized spacial score (nSPS) is 17.7. The first-order valence-electron chi connectivity index (χ1n) is 13.5. The van der Waals surface area contributed by atoms with Gasteiger partial charge in [-0.15, -0.1) is 0 Å². The topological polar surface area (TPSA) is 15.6 Å². The van der Waals surface area contributed by atoms with Crippen molar-refractivity contribution in [2.24, 2.45) is 16.8 Å². The Balaban J connectivity index is 0. The van der Waals surface area contributed by atoms with E-state index in [0.29, 0.717) is 5.92 Å². The van der Waals surface area contributed by atoms with Gasteiger partial charge < -0.3 is 4.90 Å². The van der Waals surface area contributed by atoms with E-state index in [9.17, 15) is 0 Å². The van der Waals surface area contributed by atoms with Gasteiger partial charge in [0, 0.05) is 11.9 Å². The highest BCUT2D eigenvalue weighted by Gasteiger charge is 2.13. The number of rotatable bonds is 4. The van der Waals surface area contributed by atoms with Crippen molar-refractivity contribution in [3.63, 3.8) is 0 Å². The van der Waals surface area contributed by atoms with Crippen molar-refractivity contribution in [1.29, 1.82) is 0 Å². The van der Waals surface area contributed by atoms with Crippen molar-refractivity contribution >= 4 is 6.21 Å². The monoisotopic (exact) mass is 444 g/mol. The van der Waals surface area contributed by atoms with Crippen molar-refractivity contribution in [3.05, 3.63) is 47.2 Å². The molecule has 1 saturated heterocycles. The minimum atomic E-state index is 0.652. The summed E-state index contributed by atoms with van der Waals surface area (Å²) in [5, 5.41) is 0. The summed E-state index contributed by atoms with van der Waals surface area (Å²) in [4.78, 5) is 6.73. The van der Waals surface area contributed by atoms with Crippen molar-refractivity contribution in [2.45, 2.75) is 108 Å².